The zero-order chi connectivity index (χ0) is 14.4. The Morgan fingerprint density at radius 3 is 3.00 bits per heavy atom. The molecule has 5 nitrogen and oxygen atoms in total. The number of nitrogens with one attached hydrogen (secondary N) is 1. The van der Waals surface area contributed by atoms with Crippen molar-refractivity contribution in [3.63, 3.8) is 0 Å². The summed E-state index contributed by atoms with van der Waals surface area (Å²) in [6.45, 7) is 2.90. The molecular weight excluding hydrogens is 274 g/mol. The topological polar surface area (TPSA) is 64.0 Å². The largest absolute Gasteiger partial charge is 0.356 e. The minimum absolute atomic E-state index is 0.00865. The molecule has 6 heteroatoms. The van der Waals surface area contributed by atoms with Gasteiger partial charge in [0.2, 0.25) is 5.91 Å². The van der Waals surface area contributed by atoms with E-state index in [1.807, 2.05) is 24.4 Å². The normalized spacial score (nSPS) is 10.4. The van der Waals surface area contributed by atoms with Crippen LogP contribution in [0, 0.1) is 6.92 Å². The Balaban J connectivity index is 1.72. The zero-order valence-electron chi connectivity index (χ0n) is 11.3. The number of amides is 1. The molecule has 2 heterocycles. The lowest BCUT2D eigenvalue weighted by atomic mass is 10.2. The second-order valence-electron chi connectivity index (χ2n) is 4.51. The molecule has 2 aromatic rings. The first-order chi connectivity index (χ1) is 9.66. The fourth-order valence-electron chi connectivity index (χ4n) is 1.87. The molecule has 20 heavy (non-hydrogen) atoms. The lowest BCUT2D eigenvalue weighted by Gasteiger charge is -2.06. The molecule has 0 aromatic carbocycles. The number of hydrogen-bond acceptors (Lipinski definition) is 4. The van der Waals surface area contributed by atoms with Gasteiger partial charge in [-0.15, -0.1) is 0 Å². The van der Waals surface area contributed by atoms with E-state index in [-0.39, 0.29) is 10.8 Å². The molecule has 0 radical (unpaired) electrons. The minimum Gasteiger partial charge on any atom is -0.356 e. The van der Waals surface area contributed by atoms with Crippen LogP contribution in [0.25, 0.3) is 0 Å². The van der Waals surface area contributed by atoms with Crippen molar-refractivity contribution in [3.05, 3.63) is 50.8 Å². The van der Waals surface area contributed by atoms with Crippen molar-refractivity contribution < 1.29 is 4.79 Å². The van der Waals surface area contributed by atoms with Gasteiger partial charge in [-0.3, -0.25) is 14.6 Å². The van der Waals surface area contributed by atoms with Crippen LogP contribution in [0.2, 0.25) is 0 Å². The van der Waals surface area contributed by atoms with Crippen molar-refractivity contribution in [2.75, 3.05) is 6.54 Å². The first-order valence-corrected chi connectivity index (χ1v) is 7.35. The molecule has 0 bridgehead atoms. The number of aryl methyl sites for hydroxylation is 1. The van der Waals surface area contributed by atoms with Crippen LogP contribution in [0.1, 0.15) is 17.7 Å². The van der Waals surface area contributed by atoms with E-state index in [9.17, 15) is 9.59 Å². The smallest absolute Gasteiger partial charge is 0.307 e. The highest BCUT2D eigenvalue weighted by atomic mass is 32.1. The van der Waals surface area contributed by atoms with Gasteiger partial charge in [-0.25, -0.2) is 0 Å². The van der Waals surface area contributed by atoms with Gasteiger partial charge in [0.15, 0.2) is 0 Å². The van der Waals surface area contributed by atoms with E-state index in [2.05, 4.69) is 10.3 Å². The monoisotopic (exact) mass is 291 g/mol. The molecule has 0 saturated carbocycles. The van der Waals surface area contributed by atoms with Gasteiger partial charge < -0.3 is 9.88 Å². The molecule has 0 atom stereocenters. The van der Waals surface area contributed by atoms with Crippen LogP contribution in [0.3, 0.4) is 0 Å². The van der Waals surface area contributed by atoms with E-state index in [1.54, 1.807) is 17.0 Å². The van der Waals surface area contributed by atoms with Crippen molar-refractivity contribution in [2.45, 2.75) is 26.3 Å². The maximum absolute atomic E-state index is 11.7. The minimum atomic E-state index is -0.0357. The van der Waals surface area contributed by atoms with Crippen LogP contribution in [0.5, 0.6) is 0 Å². The quantitative estimate of drug-likeness (QED) is 0.874. The summed E-state index contributed by atoms with van der Waals surface area (Å²) >= 11 is 1.17. The third-order valence-corrected chi connectivity index (χ3v) is 3.88. The molecule has 0 aliphatic carbocycles. The fourth-order valence-corrected chi connectivity index (χ4v) is 2.63. The third kappa shape index (κ3) is 4.03. The number of carbonyl (C=O) groups excluding carboxylic acids is 1. The highest BCUT2D eigenvalue weighted by molar-refractivity contribution is 7.07. The van der Waals surface area contributed by atoms with Crippen molar-refractivity contribution in [3.8, 4) is 0 Å². The lowest BCUT2D eigenvalue weighted by Crippen LogP contribution is -2.28. The van der Waals surface area contributed by atoms with Crippen LogP contribution in [0.15, 0.2) is 34.7 Å². The number of pyridine rings is 1. The maximum Gasteiger partial charge on any atom is 0.307 e. The molecule has 1 N–H and O–H groups in total. The second kappa shape index (κ2) is 7.00. The number of nitrogens with zero attached hydrogens (tertiary/aromatic N) is 2. The highest BCUT2D eigenvalue weighted by Gasteiger charge is 2.06. The molecule has 0 spiro atoms. The Morgan fingerprint density at radius 2 is 2.35 bits per heavy atom. The van der Waals surface area contributed by atoms with Crippen molar-refractivity contribution in [2.24, 2.45) is 0 Å². The number of rotatable bonds is 6. The second-order valence-corrected chi connectivity index (χ2v) is 5.33. The Labute approximate surface area is 121 Å². The summed E-state index contributed by atoms with van der Waals surface area (Å²) in [5.41, 5.74) is 2.00. The van der Waals surface area contributed by atoms with Crippen LogP contribution < -0.4 is 10.2 Å². The lowest BCUT2D eigenvalue weighted by molar-refractivity contribution is -0.121. The Hall–Kier alpha value is -1.95. The number of aromatic nitrogens is 2. The Bertz CT molecular complexity index is 619. The van der Waals surface area contributed by atoms with Gasteiger partial charge in [0.05, 0.1) is 0 Å². The number of thiazole rings is 1. The average Bonchev–Trinajstić information content (AvgIpc) is 2.77. The fraction of sp³-hybridized carbons (Fsp3) is 0.357. The standard InChI is InChI=1S/C14H17N3O2S/c1-11-10-20-14(19)17(11)8-5-13(18)16-7-4-12-3-2-6-15-9-12/h2-3,6,9-10H,4-5,7-8H2,1H3,(H,16,18). The molecule has 0 fully saturated rings. The molecule has 106 valence electrons. The Kier molecular flexibility index (Phi) is 5.06. The van der Waals surface area contributed by atoms with Gasteiger partial charge in [-0.2, -0.15) is 0 Å². The summed E-state index contributed by atoms with van der Waals surface area (Å²) in [5.74, 6) is -0.0357. The zero-order valence-corrected chi connectivity index (χ0v) is 12.2. The van der Waals surface area contributed by atoms with Gasteiger partial charge in [0.25, 0.3) is 0 Å². The molecular formula is C14H17N3O2S. The van der Waals surface area contributed by atoms with Crippen LogP contribution >= 0.6 is 11.3 Å². The summed E-state index contributed by atoms with van der Waals surface area (Å²) in [6, 6.07) is 3.86. The molecule has 0 aliphatic rings. The molecule has 1 amide bonds. The van der Waals surface area contributed by atoms with E-state index in [4.69, 9.17) is 0 Å². The first kappa shape index (κ1) is 14.5. The van der Waals surface area contributed by atoms with Crippen LogP contribution in [-0.2, 0) is 17.8 Å². The van der Waals surface area contributed by atoms with Gasteiger partial charge in [-0.05, 0) is 25.0 Å². The van der Waals surface area contributed by atoms with Gasteiger partial charge in [0.1, 0.15) is 0 Å². The van der Waals surface area contributed by atoms with E-state index in [0.29, 0.717) is 19.5 Å². The average molecular weight is 291 g/mol. The van der Waals surface area contributed by atoms with Crippen molar-refractivity contribution >= 4 is 17.2 Å². The summed E-state index contributed by atoms with van der Waals surface area (Å²) < 4.78 is 1.63. The molecule has 2 rings (SSSR count). The molecule has 0 saturated heterocycles. The first-order valence-electron chi connectivity index (χ1n) is 6.47. The molecule has 0 aliphatic heterocycles. The van der Waals surface area contributed by atoms with Crippen molar-refractivity contribution in [1.82, 2.24) is 14.9 Å². The van der Waals surface area contributed by atoms with E-state index < -0.39 is 0 Å². The number of carbonyl (C=O) groups is 1. The number of hydrogen-bond donors (Lipinski definition) is 1. The summed E-state index contributed by atoms with van der Waals surface area (Å²) in [4.78, 5) is 27.2. The summed E-state index contributed by atoms with van der Waals surface area (Å²) in [6.07, 6.45) is 4.60. The van der Waals surface area contributed by atoms with Gasteiger partial charge >= 0.3 is 4.87 Å². The van der Waals surface area contributed by atoms with Crippen LogP contribution in [-0.4, -0.2) is 22.0 Å². The van der Waals surface area contributed by atoms with Crippen LogP contribution in [0.4, 0.5) is 0 Å². The molecule has 2 aromatic heterocycles. The summed E-state index contributed by atoms with van der Waals surface area (Å²) in [7, 11) is 0. The van der Waals surface area contributed by atoms with Gasteiger partial charge in [0, 0.05) is 43.0 Å². The SMILES string of the molecule is Cc1csc(=O)n1CCC(=O)NCCc1cccnc1. The third-order valence-electron chi connectivity index (χ3n) is 3.00. The maximum atomic E-state index is 11.7. The Morgan fingerprint density at radius 1 is 1.50 bits per heavy atom. The van der Waals surface area contributed by atoms with Gasteiger partial charge in [-0.1, -0.05) is 17.4 Å². The predicted octanol–water partition coefficient (Wildman–Crippen LogP) is 1.36. The van der Waals surface area contributed by atoms with Crippen molar-refractivity contribution in [1.29, 1.82) is 0 Å². The molecule has 0 unspecified atom stereocenters. The highest BCUT2D eigenvalue weighted by Crippen LogP contribution is 2.01. The van der Waals surface area contributed by atoms with E-state index >= 15 is 0 Å². The predicted molar refractivity (Wildman–Crippen MR) is 78.9 cm³/mol. The van der Waals surface area contributed by atoms with E-state index in [1.165, 1.54) is 11.3 Å². The summed E-state index contributed by atoms with van der Waals surface area (Å²) in [5, 5.41) is 4.66. The van der Waals surface area contributed by atoms with E-state index in [0.717, 1.165) is 17.7 Å².